The fraction of sp³-hybridized carbons (Fsp3) is 0.261. The van der Waals surface area contributed by atoms with Crippen molar-refractivity contribution in [2.45, 2.75) is 38.5 Å². The van der Waals surface area contributed by atoms with Crippen LogP contribution < -0.4 is 0 Å². The lowest BCUT2D eigenvalue weighted by molar-refractivity contribution is 0.0690. The van der Waals surface area contributed by atoms with Crippen LogP contribution >= 0.6 is 0 Å². The van der Waals surface area contributed by atoms with Crippen molar-refractivity contribution in [2.24, 2.45) is 0 Å². The lowest BCUT2D eigenvalue weighted by atomic mass is 9.76. The van der Waals surface area contributed by atoms with Gasteiger partial charge in [0.2, 0.25) is 0 Å². The van der Waals surface area contributed by atoms with E-state index in [1.165, 1.54) is 6.07 Å². The van der Waals surface area contributed by atoms with E-state index in [0.29, 0.717) is 0 Å². The van der Waals surface area contributed by atoms with Crippen molar-refractivity contribution >= 4 is 5.97 Å². The van der Waals surface area contributed by atoms with Crippen LogP contribution in [0.25, 0.3) is 0 Å². The van der Waals surface area contributed by atoms with Gasteiger partial charge in [0, 0.05) is 17.0 Å². The van der Waals surface area contributed by atoms with Crippen LogP contribution in [0.15, 0.2) is 66.9 Å². The van der Waals surface area contributed by atoms with Gasteiger partial charge in [0.25, 0.3) is 0 Å². The van der Waals surface area contributed by atoms with Crippen molar-refractivity contribution < 1.29 is 9.90 Å². The SMILES string of the molecule is CC(C)(c1cccc(C(C)(C)c2cccc(C(=O)O)n2)c1)c1ccccn1. The Labute approximate surface area is 159 Å². The zero-order valence-electron chi connectivity index (χ0n) is 16.1. The fourth-order valence-electron chi connectivity index (χ4n) is 3.23. The van der Waals surface area contributed by atoms with Gasteiger partial charge in [0.05, 0.1) is 11.4 Å². The number of carboxylic acid groups (broad SMARTS) is 1. The smallest absolute Gasteiger partial charge is 0.354 e. The Morgan fingerprint density at radius 3 is 2.00 bits per heavy atom. The maximum Gasteiger partial charge on any atom is 0.354 e. The topological polar surface area (TPSA) is 63.1 Å². The molecule has 2 aromatic heterocycles. The monoisotopic (exact) mass is 360 g/mol. The molecular weight excluding hydrogens is 336 g/mol. The highest BCUT2D eigenvalue weighted by Crippen LogP contribution is 2.35. The van der Waals surface area contributed by atoms with E-state index >= 15 is 0 Å². The Morgan fingerprint density at radius 1 is 0.815 bits per heavy atom. The summed E-state index contributed by atoms with van der Waals surface area (Å²) in [6.45, 7) is 8.44. The highest BCUT2D eigenvalue weighted by atomic mass is 16.4. The van der Waals surface area contributed by atoms with E-state index in [-0.39, 0.29) is 11.1 Å². The third-order valence-electron chi connectivity index (χ3n) is 5.22. The zero-order chi connectivity index (χ0) is 19.7. The normalized spacial score (nSPS) is 12.0. The first-order valence-corrected chi connectivity index (χ1v) is 8.96. The number of pyridine rings is 2. The molecule has 0 saturated carbocycles. The molecule has 3 aromatic rings. The number of nitrogens with zero attached hydrogens (tertiary/aromatic N) is 2. The maximum absolute atomic E-state index is 11.3. The second kappa shape index (κ2) is 6.95. The summed E-state index contributed by atoms with van der Waals surface area (Å²) in [5.74, 6) is -1.02. The van der Waals surface area contributed by atoms with Crippen LogP contribution in [0.5, 0.6) is 0 Å². The van der Waals surface area contributed by atoms with Gasteiger partial charge in [0.1, 0.15) is 5.69 Å². The Balaban J connectivity index is 2.04. The van der Waals surface area contributed by atoms with Gasteiger partial charge in [-0.15, -0.1) is 0 Å². The van der Waals surface area contributed by atoms with Crippen LogP contribution in [0, 0.1) is 0 Å². The second-order valence-corrected chi connectivity index (χ2v) is 7.76. The molecule has 3 rings (SSSR count). The van der Waals surface area contributed by atoms with Crippen molar-refractivity contribution in [1.29, 1.82) is 0 Å². The fourth-order valence-corrected chi connectivity index (χ4v) is 3.23. The molecule has 138 valence electrons. The van der Waals surface area contributed by atoms with E-state index < -0.39 is 11.4 Å². The number of hydrogen-bond acceptors (Lipinski definition) is 3. The number of carboxylic acids is 1. The molecule has 0 bridgehead atoms. The van der Waals surface area contributed by atoms with Crippen LogP contribution in [0.4, 0.5) is 0 Å². The average molecular weight is 360 g/mol. The third kappa shape index (κ3) is 3.61. The summed E-state index contributed by atoms with van der Waals surface area (Å²) in [4.78, 5) is 20.2. The van der Waals surface area contributed by atoms with E-state index in [1.54, 1.807) is 6.07 Å². The van der Waals surface area contributed by atoms with Crippen molar-refractivity contribution in [1.82, 2.24) is 9.97 Å². The predicted octanol–water partition coefficient (Wildman–Crippen LogP) is 4.83. The van der Waals surface area contributed by atoms with Gasteiger partial charge < -0.3 is 5.11 Å². The van der Waals surface area contributed by atoms with Crippen molar-refractivity contribution in [3.05, 3.63) is 95.1 Å². The molecule has 27 heavy (non-hydrogen) atoms. The maximum atomic E-state index is 11.3. The van der Waals surface area contributed by atoms with Gasteiger partial charge >= 0.3 is 5.97 Å². The summed E-state index contributed by atoms with van der Waals surface area (Å²) in [6, 6.07) is 19.5. The summed E-state index contributed by atoms with van der Waals surface area (Å²) in [5, 5.41) is 9.25. The lowest BCUT2D eigenvalue weighted by Gasteiger charge is -2.29. The summed E-state index contributed by atoms with van der Waals surface area (Å²) in [7, 11) is 0. The molecule has 0 fully saturated rings. The molecule has 1 aromatic carbocycles. The number of carbonyl (C=O) groups is 1. The largest absolute Gasteiger partial charge is 0.477 e. The molecule has 0 unspecified atom stereocenters. The molecule has 0 aliphatic carbocycles. The van der Waals surface area contributed by atoms with Gasteiger partial charge in [-0.3, -0.25) is 4.98 Å². The van der Waals surface area contributed by atoms with E-state index in [9.17, 15) is 9.90 Å². The molecule has 0 atom stereocenters. The number of aromatic nitrogens is 2. The number of benzene rings is 1. The Morgan fingerprint density at radius 2 is 1.41 bits per heavy atom. The number of rotatable bonds is 5. The van der Waals surface area contributed by atoms with Crippen LogP contribution in [0.3, 0.4) is 0 Å². The molecular formula is C23H24N2O2. The van der Waals surface area contributed by atoms with E-state index in [0.717, 1.165) is 22.5 Å². The van der Waals surface area contributed by atoms with Crippen molar-refractivity contribution in [3.8, 4) is 0 Å². The Bertz CT molecular complexity index is 963. The predicted molar refractivity (Wildman–Crippen MR) is 106 cm³/mol. The van der Waals surface area contributed by atoms with Crippen LogP contribution in [0.1, 0.15) is 60.7 Å². The summed E-state index contributed by atoms with van der Waals surface area (Å²) < 4.78 is 0. The molecule has 2 heterocycles. The quantitative estimate of drug-likeness (QED) is 0.708. The van der Waals surface area contributed by atoms with Crippen LogP contribution in [-0.4, -0.2) is 21.0 Å². The molecule has 0 amide bonds. The Kier molecular flexibility index (Phi) is 4.83. The van der Waals surface area contributed by atoms with Crippen LogP contribution in [0.2, 0.25) is 0 Å². The molecule has 4 nitrogen and oxygen atoms in total. The number of aromatic carboxylic acids is 1. The summed E-state index contributed by atoms with van der Waals surface area (Å²) in [6.07, 6.45) is 1.81. The highest BCUT2D eigenvalue weighted by Gasteiger charge is 2.29. The number of hydrogen-bond donors (Lipinski definition) is 1. The summed E-state index contributed by atoms with van der Waals surface area (Å²) >= 11 is 0. The highest BCUT2D eigenvalue weighted by molar-refractivity contribution is 5.85. The van der Waals surface area contributed by atoms with Crippen LogP contribution in [-0.2, 0) is 10.8 Å². The lowest BCUT2D eigenvalue weighted by Crippen LogP contribution is -2.24. The summed E-state index contributed by atoms with van der Waals surface area (Å²) in [5.41, 5.74) is 3.36. The first kappa shape index (κ1) is 18.8. The minimum atomic E-state index is -1.02. The van der Waals surface area contributed by atoms with Gasteiger partial charge in [-0.2, -0.15) is 0 Å². The molecule has 0 aliphatic rings. The van der Waals surface area contributed by atoms with Crippen molar-refractivity contribution in [2.75, 3.05) is 0 Å². The second-order valence-electron chi connectivity index (χ2n) is 7.76. The van der Waals surface area contributed by atoms with E-state index in [2.05, 4.69) is 55.9 Å². The Hall–Kier alpha value is -3.01. The minimum Gasteiger partial charge on any atom is -0.477 e. The minimum absolute atomic E-state index is 0.0607. The standard InChI is InChI=1S/C23H24N2O2/c1-22(2,19-12-5-6-14-24-19)16-9-7-10-17(15-16)23(3,4)20-13-8-11-18(25-20)21(26)27/h5-15H,1-4H3,(H,26,27). The molecule has 0 saturated heterocycles. The molecule has 0 spiro atoms. The molecule has 1 N–H and O–H groups in total. The average Bonchev–Trinajstić information content (AvgIpc) is 2.69. The molecule has 0 aliphatic heterocycles. The molecule has 0 radical (unpaired) electrons. The van der Waals surface area contributed by atoms with Gasteiger partial charge in [-0.25, -0.2) is 9.78 Å². The first-order valence-electron chi connectivity index (χ1n) is 8.96. The van der Waals surface area contributed by atoms with Gasteiger partial charge in [0.15, 0.2) is 0 Å². The van der Waals surface area contributed by atoms with E-state index in [4.69, 9.17) is 0 Å². The molecule has 4 heteroatoms. The third-order valence-corrected chi connectivity index (χ3v) is 5.22. The zero-order valence-corrected chi connectivity index (χ0v) is 16.1. The first-order chi connectivity index (χ1) is 12.7. The van der Waals surface area contributed by atoms with Crippen molar-refractivity contribution in [3.63, 3.8) is 0 Å². The van der Waals surface area contributed by atoms with E-state index in [1.807, 2.05) is 36.5 Å². The van der Waals surface area contributed by atoms with Gasteiger partial charge in [-0.1, -0.05) is 64.1 Å². The van der Waals surface area contributed by atoms with Gasteiger partial charge in [-0.05, 0) is 35.4 Å².